The molecule has 0 radical (unpaired) electrons. The average molecular weight is 812 g/mol. The third-order valence-corrected chi connectivity index (χ3v) is 11.3. The minimum Gasteiger partial charge on any atom is -0.619 e. The molecule has 3 aliphatic rings. The van der Waals surface area contributed by atoms with Gasteiger partial charge in [0.2, 0.25) is 10.0 Å². The van der Waals surface area contributed by atoms with Crippen molar-refractivity contribution in [3.63, 3.8) is 0 Å². The van der Waals surface area contributed by atoms with Crippen LogP contribution in [0.15, 0.2) is 48.8 Å². The van der Waals surface area contributed by atoms with Gasteiger partial charge in [0.25, 0.3) is 11.8 Å². The largest absolute Gasteiger partial charge is 0.619 e. The van der Waals surface area contributed by atoms with Crippen LogP contribution in [0.3, 0.4) is 0 Å². The number of ether oxygens (including phenoxy) is 3. The Morgan fingerprint density at radius 2 is 1.69 bits per heavy atom. The van der Waals surface area contributed by atoms with E-state index < -0.39 is 47.1 Å². The SMILES string of the molecule is CS(=O)(=O)N(CCN1CCCCC1)c1ccc2c(c1)C(=O)N(CC(=O)OC(Cc1c(Cl)c[n+]([O-])cc1Cl)c1ccc(OC(F)F)c(OCC3CC3)c1)C2=O. The molecule has 3 aromatic rings. The predicted octanol–water partition coefficient (Wildman–Crippen LogP) is 5.39. The molecule has 290 valence electrons. The van der Waals surface area contributed by atoms with Gasteiger partial charge in [0.05, 0.1) is 29.7 Å². The van der Waals surface area contributed by atoms with Crippen molar-refractivity contribution in [3.8, 4) is 11.5 Å². The molecule has 1 saturated heterocycles. The first-order valence-corrected chi connectivity index (χ1v) is 20.0. The van der Waals surface area contributed by atoms with Crippen LogP contribution in [0.1, 0.15) is 70.1 Å². The lowest BCUT2D eigenvalue weighted by atomic mass is 10.0. The summed E-state index contributed by atoms with van der Waals surface area (Å²) in [6.45, 7) is -1.36. The van der Waals surface area contributed by atoms with Crippen LogP contribution in [0.2, 0.25) is 10.0 Å². The molecular weight excluding hydrogens is 773 g/mol. The second-order valence-corrected chi connectivity index (χ2v) is 16.2. The summed E-state index contributed by atoms with van der Waals surface area (Å²) in [5.74, 6) is -2.65. The standard InChI is InChI=1S/C36H38Cl2F2N4O9S/c1-54(49,50)44(14-13-41-11-3-2-4-12-41)24-8-9-25-26(16-24)35(47)43(34(25)46)20-33(45)52-31(17-27-28(37)18-42(48)19-29(27)38)23-7-10-30(53-36(39)40)32(15-23)51-21-22-5-6-22/h7-10,15-16,18-19,22,31,36H,2-6,11-14,17,20-21H2,1H3. The highest BCUT2D eigenvalue weighted by molar-refractivity contribution is 7.92. The van der Waals surface area contributed by atoms with Gasteiger partial charge in [-0.1, -0.05) is 35.7 Å². The summed E-state index contributed by atoms with van der Waals surface area (Å²) in [5, 5.41) is 11.8. The Morgan fingerprint density at radius 1 is 1.00 bits per heavy atom. The molecule has 6 rings (SSSR count). The van der Waals surface area contributed by atoms with Crippen molar-refractivity contribution in [2.45, 2.75) is 51.2 Å². The molecule has 3 heterocycles. The number of pyridine rings is 1. The molecule has 1 unspecified atom stereocenters. The second-order valence-electron chi connectivity index (χ2n) is 13.5. The Kier molecular flexibility index (Phi) is 12.1. The molecule has 0 bridgehead atoms. The summed E-state index contributed by atoms with van der Waals surface area (Å²) in [6.07, 6.45) is 6.76. The molecule has 1 aromatic heterocycles. The van der Waals surface area contributed by atoms with E-state index in [1.165, 1.54) is 40.7 Å². The zero-order valence-electron chi connectivity index (χ0n) is 29.2. The third kappa shape index (κ3) is 9.51. The van der Waals surface area contributed by atoms with Gasteiger partial charge >= 0.3 is 12.6 Å². The van der Waals surface area contributed by atoms with Gasteiger partial charge in [0.15, 0.2) is 23.9 Å². The second kappa shape index (κ2) is 16.6. The Hall–Kier alpha value is -4.25. The summed E-state index contributed by atoms with van der Waals surface area (Å²) in [6, 6.07) is 8.11. The van der Waals surface area contributed by atoms with Crippen LogP contribution in [-0.2, 0) is 26.0 Å². The van der Waals surface area contributed by atoms with Crippen LogP contribution in [0.5, 0.6) is 11.5 Å². The number of hydrogen-bond donors (Lipinski definition) is 0. The summed E-state index contributed by atoms with van der Waals surface area (Å²) < 4.78 is 70.0. The van der Waals surface area contributed by atoms with E-state index in [9.17, 15) is 36.8 Å². The first-order chi connectivity index (χ1) is 25.7. The fourth-order valence-electron chi connectivity index (χ4n) is 6.47. The summed E-state index contributed by atoms with van der Waals surface area (Å²) in [5.41, 5.74) is 0.585. The van der Waals surface area contributed by atoms with Crippen molar-refractivity contribution in [1.29, 1.82) is 0 Å². The van der Waals surface area contributed by atoms with Gasteiger partial charge in [-0.3, -0.25) is 23.6 Å². The number of nitrogens with zero attached hydrogens (tertiary/aromatic N) is 4. The number of likely N-dealkylation sites (tertiary alicyclic amines) is 1. The number of piperidine rings is 1. The lowest BCUT2D eigenvalue weighted by Crippen LogP contribution is -2.40. The number of benzene rings is 2. The van der Waals surface area contributed by atoms with Crippen molar-refractivity contribution in [3.05, 3.63) is 86.3 Å². The van der Waals surface area contributed by atoms with Crippen LogP contribution in [0.25, 0.3) is 0 Å². The zero-order chi connectivity index (χ0) is 38.7. The molecule has 2 aliphatic heterocycles. The van der Waals surface area contributed by atoms with Crippen molar-refractivity contribution in [1.82, 2.24) is 9.80 Å². The molecule has 0 N–H and O–H groups in total. The number of carbonyl (C=O) groups excluding carboxylic acids is 3. The number of halogens is 4. The molecule has 2 aromatic carbocycles. The maximum absolute atomic E-state index is 13.6. The number of carbonyl (C=O) groups is 3. The number of imide groups is 1. The molecule has 1 aliphatic carbocycles. The van der Waals surface area contributed by atoms with Crippen molar-refractivity contribution in [2.24, 2.45) is 5.92 Å². The monoisotopic (exact) mass is 810 g/mol. The molecule has 2 amide bonds. The molecule has 2 fully saturated rings. The Labute approximate surface area is 320 Å². The summed E-state index contributed by atoms with van der Waals surface area (Å²) >= 11 is 12.7. The Balaban J connectivity index is 1.23. The molecule has 0 spiro atoms. The van der Waals surface area contributed by atoms with Crippen LogP contribution in [0.4, 0.5) is 14.5 Å². The number of aromatic nitrogens is 1. The highest BCUT2D eigenvalue weighted by atomic mass is 35.5. The molecule has 13 nitrogen and oxygen atoms in total. The van der Waals surface area contributed by atoms with E-state index in [4.69, 9.17) is 32.7 Å². The van der Waals surface area contributed by atoms with Crippen molar-refractivity contribution >= 4 is 56.7 Å². The maximum atomic E-state index is 13.6. The Morgan fingerprint density at radius 3 is 2.33 bits per heavy atom. The number of anilines is 1. The van der Waals surface area contributed by atoms with E-state index in [0.717, 1.165) is 63.8 Å². The van der Waals surface area contributed by atoms with Gasteiger partial charge < -0.3 is 24.3 Å². The zero-order valence-corrected chi connectivity index (χ0v) is 31.5. The van der Waals surface area contributed by atoms with Crippen LogP contribution in [0, 0.1) is 11.1 Å². The number of fused-ring (bicyclic) bond motifs is 1. The van der Waals surface area contributed by atoms with Gasteiger partial charge in [0, 0.05) is 25.1 Å². The van der Waals surface area contributed by atoms with Gasteiger partial charge in [-0.2, -0.15) is 13.5 Å². The van der Waals surface area contributed by atoms with E-state index >= 15 is 0 Å². The van der Waals surface area contributed by atoms with E-state index in [2.05, 4.69) is 9.64 Å². The smallest absolute Gasteiger partial charge is 0.387 e. The number of sulfonamides is 1. The normalized spacial score (nSPS) is 16.7. The molecule has 54 heavy (non-hydrogen) atoms. The van der Waals surface area contributed by atoms with Crippen LogP contribution >= 0.6 is 23.2 Å². The third-order valence-electron chi connectivity index (χ3n) is 9.45. The minimum absolute atomic E-state index is 0.0154. The number of alkyl halides is 2. The number of amides is 2. The average Bonchev–Trinajstić information content (AvgIpc) is 3.91. The topological polar surface area (TPSA) is 150 Å². The van der Waals surface area contributed by atoms with Crippen LogP contribution < -0.4 is 18.5 Å². The molecule has 1 saturated carbocycles. The van der Waals surface area contributed by atoms with Gasteiger partial charge in [0.1, 0.15) is 22.7 Å². The van der Waals surface area contributed by atoms with E-state index in [1.807, 2.05) is 0 Å². The number of rotatable bonds is 16. The van der Waals surface area contributed by atoms with E-state index in [1.54, 1.807) is 0 Å². The summed E-state index contributed by atoms with van der Waals surface area (Å²) in [4.78, 5) is 43.5. The molecular formula is C36H38Cl2F2N4O9S. The highest BCUT2D eigenvalue weighted by Crippen LogP contribution is 2.38. The minimum atomic E-state index is -3.76. The van der Waals surface area contributed by atoms with Gasteiger partial charge in [-0.05, 0) is 80.6 Å². The lowest BCUT2D eigenvalue weighted by molar-refractivity contribution is -0.605. The van der Waals surface area contributed by atoms with E-state index in [0.29, 0.717) is 16.2 Å². The fraction of sp³-hybridized carbons (Fsp3) is 0.444. The van der Waals surface area contributed by atoms with Gasteiger partial charge in [-0.25, -0.2) is 8.42 Å². The molecule has 1 atom stereocenters. The quantitative estimate of drug-likeness (QED) is 0.0798. The first kappa shape index (κ1) is 39.4. The summed E-state index contributed by atoms with van der Waals surface area (Å²) in [7, 11) is -3.76. The maximum Gasteiger partial charge on any atom is 0.387 e. The first-order valence-electron chi connectivity index (χ1n) is 17.4. The van der Waals surface area contributed by atoms with Crippen molar-refractivity contribution < 1.29 is 50.5 Å². The molecule has 18 heteroatoms. The number of esters is 1. The van der Waals surface area contributed by atoms with E-state index in [-0.39, 0.29) is 75.0 Å². The van der Waals surface area contributed by atoms with Gasteiger partial charge in [-0.15, -0.1) is 0 Å². The fourth-order valence-corrected chi connectivity index (χ4v) is 7.97. The van der Waals surface area contributed by atoms with Crippen LogP contribution in [-0.4, -0.2) is 88.2 Å². The predicted molar refractivity (Wildman–Crippen MR) is 194 cm³/mol. The number of hydrogen-bond acceptors (Lipinski definition) is 10. The van der Waals surface area contributed by atoms with Crippen molar-refractivity contribution in [2.75, 3.05) is 49.9 Å². The highest BCUT2D eigenvalue weighted by Gasteiger charge is 2.39. The lowest BCUT2D eigenvalue weighted by Gasteiger charge is -2.30. The Bertz CT molecular complexity index is 2010.